The van der Waals surface area contributed by atoms with Crippen molar-refractivity contribution in [2.45, 2.75) is 0 Å². The van der Waals surface area contributed by atoms with Crippen LogP contribution < -0.4 is 10.6 Å². The number of benzene rings is 1. The first-order valence-corrected chi connectivity index (χ1v) is 3.35. The zero-order valence-corrected chi connectivity index (χ0v) is 6.62. The molecule has 0 fully saturated rings. The van der Waals surface area contributed by atoms with Gasteiger partial charge < -0.3 is 10.6 Å². The molecule has 0 heterocycles. The molecule has 0 aliphatic rings. The maximum Gasteiger partial charge on any atom is 0.173 e. The van der Waals surface area contributed by atoms with E-state index in [1.54, 1.807) is 12.1 Å². The van der Waals surface area contributed by atoms with Gasteiger partial charge in [0.1, 0.15) is 0 Å². The summed E-state index contributed by atoms with van der Waals surface area (Å²) in [6, 6.07) is 4.76. The highest BCUT2D eigenvalue weighted by Gasteiger charge is 2.04. The zero-order valence-electron chi connectivity index (χ0n) is 6.62. The van der Waals surface area contributed by atoms with Crippen molar-refractivity contribution in [2.24, 2.45) is 10.9 Å². The number of hydrogen-bond acceptors (Lipinski definition) is 3. The average Bonchev–Trinajstić information content (AvgIpc) is 2.09. The third kappa shape index (κ3) is 1.53. The third-order valence-electron chi connectivity index (χ3n) is 1.43. The van der Waals surface area contributed by atoms with E-state index in [4.69, 9.17) is 10.6 Å². The molecule has 3 nitrogen and oxygen atoms in total. The summed E-state index contributed by atoms with van der Waals surface area (Å²) in [5.41, 5.74) is 0.317. The van der Waals surface area contributed by atoms with Gasteiger partial charge in [0.05, 0.1) is 13.3 Å². The normalized spacial score (nSPS) is 10.5. The monoisotopic (exact) mass is 168 g/mol. The minimum absolute atomic E-state index is 0.187. The molecule has 0 amide bonds. The van der Waals surface area contributed by atoms with Crippen LogP contribution in [0.25, 0.3) is 0 Å². The standard InChI is InChI=1S/C8H9FN2O/c1-12-7-4-2-3-6(5-11-10)8(7)9/h2-5H,10H2,1H3/b11-5+. The van der Waals surface area contributed by atoms with Crippen molar-refractivity contribution in [2.75, 3.05) is 7.11 Å². The SMILES string of the molecule is COc1cccc(/C=N/N)c1F. The number of hydrogen-bond donors (Lipinski definition) is 1. The van der Waals surface area contributed by atoms with Crippen LogP contribution in [0.1, 0.15) is 5.56 Å². The molecule has 2 N–H and O–H groups in total. The Labute approximate surface area is 69.6 Å². The number of nitrogens with zero attached hydrogens (tertiary/aromatic N) is 1. The highest BCUT2D eigenvalue weighted by Crippen LogP contribution is 2.18. The Balaban J connectivity index is 3.13. The lowest BCUT2D eigenvalue weighted by Crippen LogP contribution is -1.94. The van der Waals surface area contributed by atoms with Crippen molar-refractivity contribution < 1.29 is 9.13 Å². The second kappa shape index (κ2) is 3.71. The molecular formula is C8H9FN2O. The summed E-state index contributed by atoms with van der Waals surface area (Å²) in [6.07, 6.45) is 1.23. The lowest BCUT2D eigenvalue weighted by atomic mass is 10.2. The van der Waals surface area contributed by atoms with Crippen LogP contribution >= 0.6 is 0 Å². The maximum absolute atomic E-state index is 13.2. The number of rotatable bonds is 2. The van der Waals surface area contributed by atoms with Crippen LogP contribution in [0.2, 0.25) is 0 Å². The van der Waals surface area contributed by atoms with Crippen molar-refractivity contribution in [3.63, 3.8) is 0 Å². The van der Waals surface area contributed by atoms with Crippen LogP contribution in [0, 0.1) is 5.82 Å². The molecular weight excluding hydrogens is 159 g/mol. The van der Waals surface area contributed by atoms with Gasteiger partial charge in [-0.2, -0.15) is 5.10 Å². The number of halogens is 1. The van der Waals surface area contributed by atoms with Gasteiger partial charge in [0.25, 0.3) is 0 Å². The Bertz CT molecular complexity index is 299. The fourth-order valence-electron chi connectivity index (χ4n) is 0.865. The summed E-state index contributed by atoms with van der Waals surface area (Å²) in [5, 5.41) is 3.22. The lowest BCUT2D eigenvalue weighted by Gasteiger charge is -2.02. The first-order valence-electron chi connectivity index (χ1n) is 3.35. The summed E-state index contributed by atoms with van der Waals surface area (Å²) in [7, 11) is 1.40. The molecule has 12 heavy (non-hydrogen) atoms. The van der Waals surface area contributed by atoms with E-state index < -0.39 is 5.82 Å². The Morgan fingerprint density at radius 3 is 2.92 bits per heavy atom. The Kier molecular flexibility index (Phi) is 2.63. The minimum Gasteiger partial charge on any atom is -0.494 e. The molecule has 0 radical (unpaired) electrons. The van der Waals surface area contributed by atoms with E-state index >= 15 is 0 Å². The molecule has 1 aromatic rings. The van der Waals surface area contributed by atoms with Gasteiger partial charge in [0.2, 0.25) is 0 Å². The van der Waals surface area contributed by atoms with Gasteiger partial charge >= 0.3 is 0 Å². The molecule has 0 aliphatic heterocycles. The second-order valence-corrected chi connectivity index (χ2v) is 2.14. The minimum atomic E-state index is -0.450. The highest BCUT2D eigenvalue weighted by atomic mass is 19.1. The summed E-state index contributed by atoms with van der Waals surface area (Å²) < 4.78 is 17.9. The smallest absolute Gasteiger partial charge is 0.173 e. The van der Waals surface area contributed by atoms with Crippen molar-refractivity contribution in [1.82, 2.24) is 0 Å². The summed E-state index contributed by atoms with van der Waals surface area (Å²) in [4.78, 5) is 0. The van der Waals surface area contributed by atoms with Crippen LogP contribution in [0.5, 0.6) is 5.75 Å². The van der Waals surface area contributed by atoms with Crippen molar-refractivity contribution in [1.29, 1.82) is 0 Å². The molecule has 0 spiro atoms. The number of methoxy groups -OCH3 is 1. The quantitative estimate of drug-likeness (QED) is 0.408. The molecule has 0 aromatic heterocycles. The number of ether oxygens (including phenoxy) is 1. The molecule has 0 atom stereocenters. The predicted molar refractivity (Wildman–Crippen MR) is 44.7 cm³/mol. The van der Waals surface area contributed by atoms with Gasteiger partial charge in [-0.25, -0.2) is 4.39 Å². The van der Waals surface area contributed by atoms with E-state index in [1.807, 2.05) is 0 Å². The van der Waals surface area contributed by atoms with Crippen LogP contribution in [-0.4, -0.2) is 13.3 Å². The summed E-state index contributed by atoms with van der Waals surface area (Å²) in [6.45, 7) is 0. The molecule has 1 aromatic carbocycles. The number of nitrogens with two attached hydrogens (primary N) is 1. The third-order valence-corrected chi connectivity index (χ3v) is 1.43. The van der Waals surface area contributed by atoms with E-state index in [0.29, 0.717) is 5.56 Å². The van der Waals surface area contributed by atoms with Crippen LogP contribution in [-0.2, 0) is 0 Å². The van der Waals surface area contributed by atoms with Gasteiger partial charge in [-0.15, -0.1) is 0 Å². The Hall–Kier alpha value is -1.58. The highest BCUT2D eigenvalue weighted by molar-refractivity contribution is 5.80. The van der Waals surface area contributed by atoms with Gasteiger partial charge in [0.15, 0.2) is 11.6 Å². The molecule has 64 valence electrons. The van der Waals surface area contributed by atoms with Crippen LogP contribution in [0.3, 0.4) is 0 Å². The van der Waals surface area contributed by atoms with Gasteiger partial charge in [-0.05, 0) is 6.07 Å². The molecule has 4 heteroatoms. The van der Waals surface area contributed by atoms with Gasteiger partial charge in [0, 0.05) is 5.56 Å². The van der Waals surface area contributed by atoms with Crippen LogP contribution in [0.4, 0.5) is 4.39 Å². The van der Waals surface area contributed by atoms with E-state index in [0.717, 1.165) is 0 Å². The predicted octanol–water partition coefficient (Wildman–Crippen LogP) is 1.13. The molecule has 0 saturated carbocycles. The van der Waals surface area contributed by atoms with E-state index in [1.165, 1.54) is 19.4 Å². The fraction of sp³-hybridized carbons (Fsp3) is 0.125. The van der Waals surface area contributed by atoms with E-state index in [-0.39, 0.29) is 5.75 Å². The first-order chi connectivity index (χ1) is 5.79. The first kappa shape index (κ1) is 8.52. The zero-order chi connectivity index (χ0) is 8.97. The molecule has 0 saturated heterocycles. The van der Waals surface area contributed by atoms with Gasteiger partial charge in [-0.1, -0.05) is 12.1 Å². The molecule has 1 rings (SSSR count). The van der Waals surface area contributed by atoms with Crippen molar-refractivity contribution in [3.05, 3.63) is 29.6 Å². The Morgan fingerprint density at radius 1 is 1.58 bits per heavy atom. The van der Waals surface area contributed by atoms with Crippen LogP contribution in [0.15, 0.2) is 23.3 Å². The van der Waals surface area contributed by atoms with E-state index in [9.17, 15) is 4.39 Å². The summed E-state index contributed by atoms with van der Waals surface area (Å²) in [5.74, 6) is 4.62. The second-order valence-electron chi connectivity index (χ2n) is 2.14. The molecule has 0 unspecified atom stereocenters. The summed E-state index contributed by atoms with van der Waals surface area (Å²) >= 11 is 0. The maximum atomic E-state index is 13.2. The average molecular weight is 168 g/mol. The van der Waals surface area contributed by atoms with Gasteiger partial charge in [-0.3, -0.25) is 0 Å². The molecule has 0 aliphatic carbocycles. The number of hydrazone groups is 1. The molecule has 0 bridgehead atoms. The van der Waals surface area contributed by atoms with Crippen molar-refractivity contribution in [3.8, 4) is 5.75 Å². The van der Waals surface area contributed by atoms with Crippen molar-refractivity contribution >= 4 is 6.21 Å². The van der Waals surface area contributed by atoms with E-state index in [2.05, 4.69) is 5.10 Å². The topological polar surface area (TPSA) is 47.6 Å². The lowest BCUT2D eigenvalue weighted by molar-refractivity contribution is 0.386. The Morgan fingerprint density at radius 2 is 2.33 bits per heavy atom. The fourth-order valence-corrected chi connectivity index (χ4v) is 0.865. The largest absolute Gasteiger partial charge is 0.494 e.